The largest absolute Gasteiger partial charge is 0.335 e. The van der Waals surface area contributed by atoms with Crippen molar-refractivity contribution in [2.24, 2.45) is 0 Å². The first-order valence-corrected chi connectivity index (χ1v) is 17.1. The maximum atomic E-state index is 2.51. The van der Waals surface area contributed by atoms with Crippen molar-refractivity contribution in [3.8, 4) is 11.1 Å². The van der Waals surface area contributed by atoms with Gasteiger partial charge in [-0.15, -0.1) is 11.3 Å². The predicted molar refractivity (Wildman–Crippen MR) is 205 cm³/mol. The zero-order valence-electron chi connectivity index (χ0n) is 26.7. The summed E-state index contributed by atoms with van der Waals surface area (Å²) < 4.78 is 5.12. The molecule has 0 atom stereocenters. The minimum absolute atomic E-state index is 0.0983. The van der Waals surface area contributed by atoms with Crippen LogP contribution in [0.3, 0.4) is 0 Å². The second kappa shape index (κ2) is 10.6. The van der Waals surface area contributed by atoms with Gasteiger partial charge in [0.25, 0.3) is 0 Å². The molecule has 0 saturated carbocycles. The highest BCUT2D eigenvalue weighted by molar-refractivity contribution is 7.25. The lowest BCUT2D eigenvalue weighted by Gasteiger charge is -2.30. The molecule has 0 radical (unpaired) electrons. The Balaban J connectivity index is 1.38. The lowest BCUT2D eigenvalue weighted by atomic mass is 9.95. The van der Waals surface area contributed by atoms with Gasteiger partial charge in [-0.25, -0.2) is 0 Å². The number of thiophene rings is 1. The summed E-state index contributed by atoms with van der Waals surface area (Å²) in [5.41, 5.74) is 8.29. The van der Waals surface area contributed by atoms with Crippen LogP contribution < -0.4 is 4.90 Å². The molecule has 0 fully saturated rings. The SMILES string of the molecule is CC(C)(C)n1c2ccccc2c2ccc(N(c3ccc4c(c3)sc3ccccc34)c3ccc4ccccc4c3-c3ccccc3)cc21. The van der Waals surface area contributed by atoms with Gasteiger partial charge in [0.2, 0.25) is 0 Å². The molecule has 0 spiro atoms. The van der Waals surface area contributed by atoms with E-state index in [-0.39, 0.29) is 5.54 Å². The normalized spacial score (nSPS) is 12.1. The second-order valence-electron chi connectivity index (χ2n) is 13.4. The van der Waals surface area contributed by atoms with E-state index in [0.717, 1.165) is 17.1 Å². The highest BCUT2D eigenvalue weighted by Crippen LogP contribution is 2.47. The molecule has 0 N–H and O–H groups in total. The lowest BCUT2D eigenvalue weighted by molar-refractivity contribution is 0.423. The van der Waals surface area contributed by atoms with E-state index in [1.165, 1.54) is 63.9 Å². The number of hydrogen-bond donors (Lipinski definition) is 0. The Bertz CT molecular complexity index is 2620. The van der Waals surface area contributed by atoms with Crippen molar-refractivity contribution >= 4 is 81.1 Å². The third kappa shape index (κ3) is 4.45. The Labute approximate surface area is 278 Å². The van der Waals surface area contributed by atoms with Crippen molar-refractivity contribution < 1.29 is 0 Å². The molecule has 9 aromatic rings. The van der Waals surface area contributed by atoms with Gasteiger partial charge in [0, 0.05) is 58.9 Å². The topological polar surface area (TPSA) is 8.17 Å². The van der Waals surface area contributed by atoms with Gasteiger partial charge in [-0.05, 0) is 79.6 Å². The summed E-state index contributed by atoms with van der Waals surface area (Å²) in [5.74, 6) is 0. The molecule has 2 nitrogen and oxygen atoms in total. The van der Waals surface area contributed by atoms with E-state index in [9.17, 15) is 0 Å². The molecule has 47 heavy (non-hydrogen) atoms. The van der Waals surface area contributed by atoms with Crippen LogP contribution in [0.4, 0.5) is 17.1 Å². The number of para-hydroxylation sites is 1. The minimum atomic E-state index is -0.0983. The number of aromatic nitrogens is 1. The van der Waals surface area contributed by atoms with Crippen LogP contribution in [0.1, 0.15) is 20.8 Å². The van der Waals surface area contributed by atoms with Gasteiger partial charge in [0.15, 0.2) is 0 Å². The van der Waals surface area contributed by atoms with Gasteiger partial charge in [-0.3, -0.25) is 0 Å². The van der Waals surface area contributed by atoms with Crippen LogP contribution in [-0.4, -0.2) is 4.57 Å². The van der Waals surface area contributed by atoms with E-state index in [4.69, 9.17) is 0 Å². The smallest absolute Gasteiger partial charge is 0.0546 e. The zero-order valence-corrected chi connectivity index (χ0v) is 27.6. The molecule has 2 aromatic heterocycles. The minimum Gasteiger partial charge on any atom is -0.335 e. The quantitative estimate of drug-likeness (QED) is 0.190. The van der Waals surface area contributed by atoms with Crippen LogP contribution in [0.25, 0.3) is 63.9 Å². The van der Waals surface area contributed by atoms with Crippen molar-refractivity contribution in [1.29, 1.82) is 0 Å². The summed E-state index contributed by atoms with van der Waals surface area (Å²) in [4.78, 5) is 2.47. The van der Waals surface area contributed by atoms with Crippen LogP contribution in [0, 0.1) is 0 Å². The summed E-state index contributed by atoms with van der Waals surface area (Å²) >= 11 is 1.87. The molecule has 0 aliphatic rings. The number of hydrogen-bond acceptors (Lipinski definition) is 2. The molecule has 226 valence electrons. The first-order chi connectivity index (χ1) is 23.0. The molecule has 0 amide bonds. The average Bonchev–Trinajstić information content (AvgIpc) is 3.64. The molecule has 0 bridgehead atoms. The maximum Gasteiger partial charge on any atom is 0.0546 e. The maximum absolute atomic E-state index is 2.51. The van der Waals surface area contributed by atoms with E-state index in [1.54, 1.807) is 0 Å². The number of nitrogens with zero attached hydrogens (tertiary/aromatic N) is 2. The summed E-state index contributed by atoms with van der Waals surface area (Å²) in [6.45, 7) is 6.90. The first-order valence-electron chi connectivity index (χ1n) is 16.3. The van der Waals surface area contributed by atoms with Crippen LogP contribution in [0.5, 0.6) is 0 Å². The number of benzene rings is 7. The van der Waals surface area contributed by atoms with E-state index in [2.05, 4.69) is 182 Å². The van der Waals surface area contributed by atoms with Gasteiger partial charge in [-0.2, -0.15) is 0 Å². The molecular weight excluding hydrogens is 589 g/mol. The highest BCUT2D eigenvalue weighted by atomic mass is 32.1. The van der Waals surface area contributed by atoms with Crippen molar-refractivity contribution in [3.05, 3.63) is 152 Å². The van der Waals surface area contributed by atoms with Crippen LogP contribution >= 0.6 is 11.3 Å². The molecule has 0 unspecified atom stereocenters. The fourth-order valence-electron chi connectivity index (χ4n) is 7.46. The van der Waals surface area contributed by atoms with E-state index >= 15 is 0 Å². The number of fused-ring (bicyclic) bond motifs is 7. The van der Waals surface area contributed by atoms with Crippen molar-refractivity contribution in [1.82, 2.24) is 4.57 Å². The van der Waals surface area contributed by atoms with Crippen LogP contribution in [0.15, 0.2) is 152 Å². The summed E-state index contributed by atoms with van der Waals surface area (Å²) in [6, 6.07) is 55.8. The third-order valence-electron chi connectivity index (χ3n) is 9.42. The Morgan fingerprint density at radius 1 is 0.489 bits per heavy atom. The van der Waals surface area contributed by atoms with Gasteiger partial charge >= 0.3 is 0 Å². The second-order valence-corrected chi connectivity index (χ2v) is 14.5. The summed E-state index contributed by atoms with van der Waals surface area (Å²) in [6.07, 6.45) is 0. The monoisotopic (exact) mass is 622 g/mol. The summed E-state index contributed by atoms with van der Waals surface area (Å²) in [5, 5.41) is 7.67. The Morgan fingerprint density at radius 3 is 1.91 bits per heavy atom. The van der Waals surface area contributed by atoms with E-state index in [0.29, 0.717) is 0 Å². The Kier molecular flexibility index (Phi) is 6.28. The Morgan fingerprint density at radius 2 is 1.11 bits per heavy atom. The average molecular weight is 623 g/mol. The van der Waals surface area contributed by atoms with Crippen molar-refractivity contribution in [3.63, 3.8) is 0 Å². The number of rotatable bonds is 4. The molecule has 9 rings (SSSR count). The van der Waals surface area contributed by atoms with Gasteiger partial charge in [-0.1, -0.05) is 109 Å². The standard InChI is InChI=1S/C44H34N2S/c1-44(2,3)46-38-19-11-9-17-34(38)35-24-22-31(27-40(35)46)45(32-23-25-37-36-18-10-12-20-41(36)47-42(37)28-32)39-26-21-29-13-7-8-16-33(29)43(39)30-14-5-4-6-15-30/h4-28H,1-3H3. The molecule has 0 aliphatic carbocycles. The van der Waals surface area contributed by atoms with Gasteiger partial charge in [0.1, 0.15) is 0 Å². The first kappa shape index (κ1) is 27.9. The highest BCUT2D eigenvalue weighted by Gasteiger charge is 2.24. The fourth-order valence-corrected chi connectivity index (χ4v) is 8.60. The van der Waals surface area contributed by atoms with Crippen LogP contribution in [0.2, 0.25) is 0 Å². The molecule has 0 aliphatic heterocycles. The molecule has 0 saturated heterocycles. The predicted octanol–water partition coefficient (Wildman–Crippen LogP) is 13.2. The third-order valence-corrected chi connectivity index (χ3v) is 10.6. The van der Waals surface area contributed by atoms with Gasteiger partial charge in [0.05, 0.1) is 11.2 Å². The lowest BCUT2D eigenvalue weighted by Crippen LogP contribution is -2.21. The fraction of sp³-hybridized carbons (Fsp3) is 0.0909. The number of anilines is 3. The van der Waals surface area contributed by atoms with Crippen molar-refractivity contribution in [2.75, 3.05) is 4.90 Å². The molecule has 7 aromatic carbocycles. The Hall–Kier alpha value is -5.38. The molecule has 2 heterocycles. The van der Waals surface area contributed by atoms with Crippen molar-refractivity contribution in [2.45, 2.75) is 26.3 Å². The molecular formula is C44H34N2S. The van der Waals surface area contributed by atoms with Crippen LogP contribution in [-0.2, 0) is 5.54 Å². The zero-order chi connectivity index (χ0) is 31.7. The molecule has 3 heteroatoms. The van der Waals surface area contributed by atoms with E-state index in [1.807, 2.05) is 11.3 Å². The van der Waals surface area contributed by atoms with E-state index < -0.39 is 0 Å². The summed E-state index contributed by atoms with van der Waals surface area (Å²) in [7, 11) is 0. The van der Waals surface area contributed by atoms with Gasteiger partial charge < -0.3 is 9.47 Å².